The molecule has 0 amide bonds. The van der Waals surface area contributed by atoms with Gasteiger partial charge >= 0.3 is 18.2 Å². The summed E-state index contributed by atoms with van der Waals surface area (Å²) in [5.41, 5.74) is -1.16. The van der Waals surface area contributed by atoms with Crippen LogP contribution in [0.25, 0.3) is 11.1 Å². The Balaban J connectivity index is 1.88. The van der Waals surface area contributed by atoms with Crippen molar-refractivity contribution in [3.63, 3.8) is 0 Å². The molecule has 32 heavy (non-hydrogen) atoms. The van der Waals surface area contributed by atoms with Gasteiger partial charge in [-0.2, -0.15) is 23.0 Å². The third-order valence-electron chi connectivity index (χ3n) is 4.14. The van der Waals surface area contributed by atoms with E-state index in [2.05, 4.69) is 5.10 Å². The first kappa shape index (κ1) is 23.1. The van der Waals surface area contributed by atoms with Gasteiger partial charge in [0.05, 0.1) is 18.2 Å². The van der Waals surface area contributed by atoms with Crippen LogP contribution >= 0.6 is 0 Å². The average Bonchev–Trinajstić information content (AvgIpc) is 3.17. The largest absolute Gasteiger partial charge is 0.442 e. The molecule has 168 valence electrons. The molecule has 1 aromatic heterocycles. The van der Waals surface area contributed by atoms with Gasteiger partial charge in [0.2, 0.25) is 0 Å². The lowest BCUT2D eigenvalue weighted by Crippen LogP contribution is -2.27. The molecule has 0 fully saturated rings. The summed E-state index contributed by atoms with van der Waals surface area (Å²) < 4.78 is 51.7. The van der Waals surface area contributed by atoms with Crippen LogP contribution < -0.4 is 4.74 Å². The summed E-state index contributed by atoms with van der Waals surface area (Å²) in [4.78, 5) is 24.4. The highest BCUT2D eigenvalue weighted by atomic mass is 19.4. The molecule has 1 heterocycles. The second kappa shape index (κ2) is 8.86. The molecule has 3 rings (SSSR count). The lowest BCUT2D eigenvalue weighted by Gasteiger charge is -2.18. The Morgan fingerprint density at radius 1 is 1.00 bits per heavy atom. The van der Waals surface area contributed by atoms with E-state index in [0.717, 1.165) is 16.8 Å². The van der Waals surface area contributed by atoms with E-state index in [1.165, 1.54) is 18.5 Å². The van der Waals surface area contributed by atoms with E-state index < -0.39 is 29.4 Å². The molecular formula is C23H21F3N2O4. The fourth-order valence-electron chi connectivity index (χ4n) is 2.83. The van der Waals surface area contributed by atoms with Crippen molar-refractivity contribution in [1.82, 2.24) is 9.78 Å². The summed E-state index contributed by atoms with van der Waals surface area (Å²) in [6, 6.07) is 11.5. The Labute approximate surface area is 182 Å². The Kier molecular flexibility index (Phi) is 6.38. The van der Waals surface area contributed by atoms with Gasteiger partial charge < -0.3 is 9.47 Å². The molecule has 0 saturated heterocycles. The minimum absolute atomic E-state index is 0.112. The van der Waals surface area contributed by atoms with E-state index in [1.54, 1.807) is 51.1 Å². The molecule has 0 spiro atoms. The molecule has 0 bridgehead atoms. The Hall–Kier alpha value is -3.62. The van der Waals surface area contributed by atoms with Gasteiger partial charge in [-0.05, 0) is 56.2 Å². The summed E-state index contributed by atoms with van der Waals surface area (Å²) in [5, 5.41) is 3.88. The molecule has 6 nitrogen and oxygen atoms in total. The third kappa shape index (κ3) is 6.19. The first-order valence-corrected chi connectivity index (χ1v) is 9.66. The van der Waals surface area contributed by atoms with Crippen molar-refractivity contribution in [2.75, 3.05) is 0 Å². The van der Waals surface area contributed by atoms with Crippen molar-refractivity contribution in [3.8, 4) is 16.9 Å². The summed E-state index contributed by atoms with van der Waals surface area (Å²) in [6.07, 6.45) is -3.23. The van der Waals surface area contributed by atoms with E-state index in [0.29, 0.717) is 5.75 Å². The molecule has 0 aliphatic rings. The van der Waals surface area contributed by atoms with Crippen LogP contribution in [0.5, 0.6) is 5.75 Å². The van der Waals surface area contributed by atoms with E-state index >= 15 is 0 Å². The normalized spacial score (nSPS) is 11.8. The molecule has 0 atom stereocenters. The number of hydrogen-bond acceptors (Lipinski definition) is 5. The van der Waals surface area contributed by atoms with Gasteiger partial charge in [-0.15, -0.1) is 0 Å². The predicted octanol–water partition coefficient (Wildman–Crippen LogP) is 5.50. The number of esters is 1. The van der Waals surface area contributed by atoms with Gasteiger partial charge in [0.1, 0.15) is 11.4 Å². The van der Waals surface area contributed by atoms with Gasteiger partial charge in [-0.3, -0.25) is 4.79 Å². The molecule has 0 aliphatic carbocycles. The Morgan fingerprint density at radius 3 is 2.31 bits per heavy atom. The highest BCUT2D eigenvalue weighted by molar-refractivity contribution is 5.77. The van der Waals surface area contributed by atoms with Crippen molar-refractivity contribution in [1.29, 1.82) is 0 Å². The van der Waals surface area contributed by atoms with Crippen LogP contribution in [0.15, 0.2) is 60.9 Å². The van der Waals surface area contributed by atoms with Crippen LogP contribution in [0.2, 0.25) is 0 Å². The lowest BCUT2D eigenvalue weighted by molar-refractivity contribution is -0.138. The number of aromatic nitrogens is 2. The van der Waals surface area contributed by atoms with E-state index in [-0.39, 0.29) is 23.1 Å². The lowest BCUT2D eigenvalue weighted by atomic mass is 10.00. The van der Waals surface area contributed by atoms with Crippen LogP contribution in [0.3, 0.4) is 0 Å². The molecule has 9 heteroatoms. The summed E-state index contributed by atoms with van der Waals surface area (Å²) in [6.45, 7) is 5.05. The smallest absolute Gasteiger partial charge is 0.435 e. The highest BCUT2D eigenvalue weighted by Gasteiger charge is 2.31. The monoisotopic (exact) mass is 446 g/mol. The quantitative estimate of drug-likeness (QED) is 0.391. The number of carbonyl (C=O) groups is 2. The maximum atomic E-state index is 13.5. The van der Waals surface area contributed by atoms with Crippen molar-refractivity contribution in [3.05, 3.63) is 72.1 Å². The molecular weight excluding hydrogens is 425 g/mol. The number of rotatable bonds is 4. The van der Waals surface area contributed by atoms with Crippen molar-refractivity contribution in [2.24, 2.45) is 0 Å². The van der Waals surface area contributed by atoms with Crippen molar-refractivity contribution in [2.45, 2.75) is 39.0 Å². The van der Waals surface area contributed by atoms with Crippen molar-refractivity contribution >= 4 is 12.1 Å². The number of hydrogen-bond donors (Lipinski definition) is 0. The van der Waals surface area contributed by atoms with Gasteiger partial charge in [0, 0.05) is 11.8 Å². The molecule has 2 aromatic carbocycles. The molecule has 3 aromatic rings. The highest BCUT2D eigenvalue weighted by Crippen LogP contribution is 2.33. The zero-order valence-corrected chi connectivity index (χ0v) is 17.6. The SMILES string of the molecule is CC(C)(C)OC(=O)n1cc(-c2cc(CC(=O)Oc3ccccc3)cc(C(F)(F)F)c2)cn1. The Morgan fingerprint density at radius 2 is 1.69 bits per heavy atom. The number of carbonyl (C=O) groups excluding carboxylic acids is 2. The summed E-state index contributed by atoms with van der Waals surface area (Å²) >= 11 is 0. The second-order valence-electron chi connectivity index (χ2n) is 8.03. The third-order valence-corrected chi connectivity index (χ3v) is 4.14. The van der Waals surface area contributed by atoms with E-state index in [4.69, 9.17) is 9.47 Å². The molecule has 0 N–H and O–H groups in total. The zero-order valence-electron chi connectivity index (χ0n) is 17.6. The van der Waals surface area contributed by atoms with Gasteiger partial charge in [-0.1, -0.05) is 24.3 Å². The number of halogens is 3. The van der Waals surface area contributed by atoms with Crippen LogP contribution in [0.4, 0.5) is 18.0 Å². The van der Waals surface area contributed by atoms with Crippen LogP contribution in [-0.2, 0) is 22.1 Å². The fourth-order valence-corrected chi connectivity index (χ4v) is 2.83. The first-order chi connectivity index (χ1) is 14.9. The standard InChI is InChI=1S/C23H21F3N2O4/c1-22(2,3)32-21(30)28-14-17(13-27-28)16-9-15(10-18(12-16)23(24,25)26)11-20(29)31-19-7-5-4-6-8-19/h4-10,12-14H,11H2,1-3H3. The van der Waals surface area contributed by atoms with Crippen LogP contribution in [0.1, 0.15) is 31.9 Å². The number of alkyl halides is 3. The first-order valence-electron chi connectivity index (χ1n) is 9.66. The van der Waals surface area contributed by atoms with Gasteiger partial charge in [-0.25, -0.2) is 4.79 Å². The molecule has 0 radical (unpaired) electrons. The topological polar surface area (TPSA) is 70.4 Å². The second-order valence-corrected chi connectivity index (χ2v) is 8.03. The maximum Gasteiger partial charge on any atom is 0.435 e. The number of nitrogens with zero attached hydrogens (tertiary/aromatic N) is 2. The van der Waals surface area contributed by atoms with Gasteiger partial charge in [0.25, 0.3) is 0 Å². The van der Waals surface area contributed by atoms with E-state index in [1.807, 2.05) is 0 Å². The number of para-hydroxylation sites is 1. The molecule has 0 aliphatic heterocycles. The number of benzene rings is 2. The van der Waals surface area contributed by atoms with Crippen molar-refractivity contribution < 1.29 is 32.2 Å². The minimum atomic E-state index is -4.63. The predicted molar refractivity (Wildman–Crippen MR) is 110 cm³/mol. The summed E-state index contributed by atoms with van der Waals surface area (Å²) in [5.74, 6) is -0.408. The minimum Gasteiger partial charge on any atom is -0.442 e. The fraction of sp³-hybridized carbons (Fsp3) is 0.261. The molecule has 0 unspecified atom stereocenters. The molecule has 0 saturated carbocycles. The van der Waals surface area contributed by atoms with E-state index in [9.17, 15) is 22.8 Å². The van der Waals surface area contributed by atoms with Crippen LogP contribution in [0, 0.1) is 0 Å². The summed E-state index contributed by atoms with van der Waals surface area (Å²) in [7, 11) is 0. The maximum absolute atomic E-state index is 13.5. The van der Waals surface area contributed by atoms with Crippen LogP contribution in [-0.4, -0.2) is 27.4 Å². The zero-order chi connectivity index (χ0) is 23.5. The average molecular weight is 446 g/mol. The number of ether oxygens (including phenoxy) is 2. The Bertz CT molecular complexity index is 1120. The van der Waals surface area contributed by atoms with Gasteiger partial charge in [0.15, 0.2) is 0 Å².